The number of carboxylic acids is 1. The molecule has 1 fully saturated rings. The van der Waals surface area contributed by atoms with Crippen molar-refractivity contribution in [2.75, 3.05) is 13.1 Å². The predicted molar refractivity (Wildman–Crippen MR) is 107 cm³/mol. The highest BCUT2D eigenvalue weighted by Crippen LogP contribution is 2.40. The molecule has 3 rings (SSSR count). The number of ketones is 1. The molecule has 1 spiro atoms. The Morgan fingerprint density at radius 1 is 1.24 bits per heavy atom. The standard InChI is InChI=1S/C22H27NO6/c1-21(2,3)29-20(27)23-11-4-9-22(10-12-23)14-17(24)16-13-15(6-8-19(25)26)5-7-18(16)28-22/h5-8,13H,4,9-12,14H2,1-3H3,(H,25,26). The number of aliphatic carboxylic acids is 1. The average Bonchev–Trinajstić information content (AvgIpc) is 2.81. The van der Waals surface area contributed by atoms with Crippen LogP contribution < -0.4 is 4.74 Å². The lowest BCUT2D eigenvalue weighted by Crippen LogP contribution is -2.43. The summed E-state index contributed by atoms with van der Waals surface area (Å²) in [6, 6.07) is 5.11. The summed E-state index contributed by atoms with van der Waals surface area (Å²) < 4.78 is 11.8. The van der Waals surface area contributed by atoms with Crippen LogP contribution in [0.3, 0.4) is 0 Å². The number of hydrogen-bond acceptors (Lipinski definition) is 5. The van der Waals surface area contributed by atoms with Crippen molar-refractivity contribution in [2.24, 2.45) is 0 Å². The first-order chi connectivity index (χ1) is 13.6. The number of likely N-dealkylation sites (tertiary alicyclic amines) is 1. The molecule has 1 atom stereocenters. The van der Waals surface area contributed by atoms with Crippen LogP contribution in [0.4, 0.5) is 4.79 Å². The van der Waals surface area contributed by atoms with E-state index in [1.807, 2.05) is 20.8 Å². The highest BCUT2D eigenvalue weighted by Gasteiger charge is 2.42. The molecular weight excluding hydrogens is 374 g/mol. The maximum absolute atomic E-state index is 12.8. The van der Waals surface area contributed by atoms with Gasteiger partial charge in [-0.25, -0.2) is 9.59 Å². The van der Waals surface area contributed by atoms with Crippen LogP contribution in [0.25, 0.3) is 6.08 Å². The quantitative estimate of drug-likeness (QED) is 0.755. The summed E-state index contributed by atoms with van der Waals surface area (Å²) in [5.74, 6) is -0.556. The second-order valence-electron chi connectivity index (χ2n) is 8.63. The van der Waals surface area contributed by atoms with Crippen molar-refractivity contribution in [3.8, 4) is 5.75 Å². The minimum atomic E-state index is -1.04. The van der Waals surface area contributed by atoms with Crippen molar-refractivity contribution >= 4 is 23.9 Å². The van der Waals surface area contributed by atoms with E-state index < -0.39 is 17.2 Å². The molecule has 1 unspecified atom stereocenters. The van der Waals surface area contributed by atoms with E-state index in [2.05, 4.69) is 0 Å². The van der Waals surface area contributed by atoms with Crippen LogP contribution in [-0.2, 0) is 9.53 Å². The molecule has 2 heterocycles. The molecule has 2 aliphatic rings. The van der Waals surface area contributed by atoms with Crippen LogP contribution in [0.5, 0.6) is 5.75 Å². The highest BCUT2D eigenvalue weighted by atomic mass is 16.6. The average molecular weight is 401 g/mol. The lowest BCUT2D eigenvalue weighted by Gasteiger charge is -2.37. The molecule has 2 aliphatic heterocycles. The van der Waals surface area contributed by atoms with Gasteiger partial charge in [0.15, 0.2) is 5.78 Å². The molecule has 1 amide bonds. The molecule has 29 heavy (non-hydrogen) atoms. The van der Waals surface area contributed by atoms with Crippen molar-refractivity contribution in [1.82, 2.24) is 4.90 Å². The summed E-state index contributed by atoms with van der Waals surface area (Å²) in [5.41, 5.74) is -0.0731. The SMILES string of the molecule is CC(C)(C)OC(=O)N1CCCC2(CC1)CC(=O)c1cc(C=CC(=O)O)ccc1O2. The number of carbonyl (C=O) groups is 3. The van der Waals surface area contributed by atoms with Gasteiger partial charge in [0.2, 0.25) is 0 Å². The third-order valence-electron chi connectivity index (χ3n) is 5.08. The van der Waals surface area contributed by atoms with Crippen molar-refractivity contribution in [3.63, 3.8) is 0 Å². The molecule has 1 aromatic rings. The molecule has 156 valence electrons. The Hall–Kier alpha value is -2.83. The number of benzene rings is 1. The third-order valence-corrected chi connectivity index (χ3v) is 5.08. The van der Waals surface area contributed by atoms with E-state index in [4.69, 9.17) is 14.6 Å². The first kappa shape index (κ1) is 20.9. The van der Waals surface area contributed by atoms with Crippen LogP contribution in [0, 0.1) is 0 Å². The summed E-state index contributed by atoms with van der Waals surface area (Å²) in [7, 11) is 0. The van der Waals surface area contributed by atoms with Gasteiger partial charge >= 0.3 is 12.1 Å². The van der Waals surface area contributed by atoms with Gasteiger partial charge < -0.3 is 19.5 Å². The topological polar surface area (TPSA) is 93.1 Å². The van der Waals surface area contributed by atoms with Crippen LogP contribution in [0.1, 0.15) is 62.4 Å². The van der Waals surface area contributed by atoms with Crippen LogP contribution >= 0.6 is 0 Å². The summed E-state index contributed by atoms with van der Waals surface area (Å²) in [6.45, 7) is 6.55. The van der Waals surface area contributed by atoms with E-state index in [-0.39, 0.29) is 18.3 Å². The van der Waals surface area contributed by atoms with E-state index in [0.717, 1.165) is 12.5 Å². The number of amides is 1. The third kappa shape index (κ3) is 5.16. The molecule has 1 aromatic carbocycles. The first-order valence-electron chi connectivity index (χ1n) is 9.82. The fraction of sp³-hybridized carbons (Fsp3) is 0.500. The maximum atomic E-state index is 12.8. The molecule has 0 radical (unpaired) electrons. The van der Waals surface area contributed by atoms with E-state index in [9.17, 15) is 14.4 Å². The van der Waals surface area contributed by atoms with Crippen molar-refractivity contribution in [3.05, 3.63) is 35.4 Å². The van der Waals surface area contributed by atoms with Gasteiger partial charge in [-0.05, 0) is 57.4 Å². The van der Waals surface area contributed by atoms with E-state index in [1.54, 1.807) is 23.1 Å². The Labute approximate surface area is 170 Å². The number of rotatable bonds is 2. The fourth-order valence-electron chi connectivity index (χ4n) is 3.74. The van der Waals surface area contributed by atoms with Gasteiger partial charge in [-0.15, -0.1) is 0 Å². The van der Waals surface area contributed by atoms with Gasteiger partial charge in [0.1, 0.15) is 17.0 Å². The molecule has 1 saturated heterocycles. The molecule has 7 heteroatoms. The molecule has 0 bridgehead atoms. The Bertz CT molecular complexity index is 853. The largest absolute Gasteiger partial charge is 0.486 e. The van der Waals surface area contributed by atoms with E-state index in [0.29, 0.717) is 42.8 Å². The first-order valence-corrected chi connectivity index (χ1v) is 9.82. The van der Waals surface area contributed by atoms with Gasteiger partial charge in [0.05, 0.1) is 12.0 Å². The lowest BCUT2D eigenvalue weighted by molar-refractivity contribution is -0.131. The zero-order valence-corrected chi connectivity index (χ0v) is 17.1. The Balaban J connectivity index is 1.74. The van der Waals surface area contributed by atoms with Crippen molar-refractivity contribution in [1.29, 1.82) is 0 Å². The van der Waals surface area contributed by atoms with Crippen molar-refractivity contribution < 1.29 is 29.0 Å². The van der Waals surface area contributed by atoms with Gasteiger partial charge in [0.25, 0.3) is 0 Å². The second kappa shape index (κ2) is 7.89. The maximum Gasteiger partial charge on any atom is 0.410 e. The smallest absolute Gasteiger partial charge is 0.410 e. The summed E-state index contributed by atoms with van der Waals surface area (Å²) >= 11 is 0. The number of ether oxygens (including phenoxy) is 2. The number of fused-ring (bicyclic) bond motifs is 1. The Morgan fingerprint density at radius 2 is 2.00 bits per heavy atom. The number of hydrogen-bond donors (Lipinski definition) is 1. The number of Topliss-reactive ketones (excluding diaryl/α,β-unsaturated/α-hetero) is 1. The molecule has 1 N–H and O–H groups in total. The number of nitrogens with zero attached hydrogens (tertiary/aromatic N) is 1. The number of carboxylic acid groups (broad SMARTS) is 1. The summed E-state index contributed by atoms with van der Waals surface area (Å²) in [6.07, 6.45) is 4.34. The minimum absolute atomic E-state index is 0.0254. The highest BCUT2D eigenvalue weighted by molar-refractivity contribution is 6.01. The van der Waals surface area contributed by atoms with Gasteiger partial charge in [0, 0.05) is 25.6 Å². The molecular formula is C22H27NO6. The molecule has 0 aliphatic carbocycles. The second-order valence-corrected chi connectivity index (χ2v) is 8.63. The normalized spacial score (nSPS) is 22.2. The number of carbonyl (C=O) groups excluding carboxylic acids is 2. The molecule has 7 nitrogen and oxygen atoms in total. The van der Waals surface area contributed by atoms with E-state index in [1.165, 1.54) is 6.08 Å². The van der Waals surface area contributed by atoms with Gasteiger partial charge in [-0.1, -0.05) is 6.07 Å². The molecule has 0 saturated carbocycles. The predicted octanol–water partition coefficient (Wildman–Crippen LogP) is 3.91. The zero-order valence-electron chi connectivity index (χ0n) is 17.1. The van der Waals surface area contributed by atoms with Gasteiger partial charge in [-0.3, -0.25) is 4.79 Å². The van der Waals surface area contributed by atoms with E-state index >= 15 is 0 Å². The summed E-state index contributed by atoms with van der Waals surface area (Å²) in [5, 5.41) is 8.77. The minimum Gasteiger partial charge on any atom is -0.486 e. The zero-order chi connectivity index (χ0) is 21.2. The van der Waals surface area contributed by atoms with Gasteiger partial charge in [-0.2, -0.15) is 0 Å². The fourth-order valence-corrected chi connectivity index (χ4v) is 3.74. The van der Waals surface area contributed by atoms with Crippen LogP contribution in [0.15, 0.2) is 24.3 Å². The van der Waals surface area contributed by atoms with Crippen LogP contribution in [0.2, 0.25) is 0 Å². The molecule has 0 aromatic heterocycles. The Morgan fingerprint density at radius 3 is 2.69 bits per heavy atom. The van der Waals surface area contributed by atoms with Crippen molar-refractivity contribution in [2.45, 2.75) is 57.7 Å². The Kier molecular flexibility index (Phi) is 5.68. The van der Waals surface area contributed by atoms with Crippen LogP contribution in [-0.4, -0.2) is 52.1 Å². The lowest BCUT2D eigenvalue weighted by atomic mass is 9.84. The summed E-state index contributed by atoms with van der Waals surface area (Å²) in [4.78, 5) is 37.6. The monoisotopic (exact) mass is 401 g/mol.